The second-order valence-corrected chi connectivity index (χ2v) is 10.9. The molecule has 36 heavy (non-hydrogen) atoms. The topological polar surface area (TPSA) is 66.5 Å². The van der Waals surface area contributed by atoms with Gasteiger partial charge in [0.1, 0.15) is 6.54 Å². The number of nitrogens with one attached hydrogen (secondary N) is 1. The molecule has 0 aliphatic rings. The maximum absolute atomic E-state index is 13.7. The Morgan fingerprint density at radius 2 is 1.44 bits per heavy atom. The highest BCUT2D eigenvalue weighted by molar-refractivity contribution is 7.92. The van der Waals surface area contributed by atoms with Gasteiger partial charge in [-0.2, -0.15) is 0 Å². The van der Waals surface area contributed by atoms with Gasteiger partial charge in [-0.25, -0.2) is 8.42 Å². The first-order valence-electron chi connectivity index (χ1n) is 11.5. The van der Waals surface area contributed by atoms with E-state index in [1.54, 1.807) is 48.5 Å². The van der Waals surface area contributed by atoms with Crippen LogP contribution in [0.1, 0.15) is 28.3 Å². The number of carbonyl (C=O) groups excluding carboxylic acids is 1. The van der Waals surface area contributed by atoms with Gasteiger partial charge in [-0.1, -0.05) is 83.9 Å². The minimum absolute atomic E-state index is 0.106. The first-order chi connectivity index (χ1) is 17.3. The van der Waals surface area contributed by atoms with Gasteiger partial charge in [-0.3, -0.25) is 9.10 Å². The third kappa shape index (κ3) is 5.78. The van der Waals surface area contributed by atoms with E-state index < -0.39 is 28.5 Å². The van der Waals surface area contributed by atoms with Crippen molar-refractivity contribution in [3.63, 3.8) is 0 Å². The van der Waals surface area contributed by atoms with Crippen LogP contribution in [0.3, 0.4) is 0 Å². The van der Waals surface area contributed by atoms with E-state index in [2.05, 4.69) is 5.32 Å². The molecule has 0 spiro atoms. The lowest BCUT2D eigenvalue weighted by molar-refractivity contribution is -0.120. The fourth-order valence-electron chi connectivity index (χ4n) is 3.99. The summed E-state index contributed by atoms with van der Waals surface area (Å²) in [5.74, 6) is -0.433. The van der Waals surface area contributed by atoms with Crippen LogP contribution in [0.2, 0.25) is 5.02 Å². The SMILES string of the molecule is Cc1ccc(S(=O)(=O)N(CC(=O)N[C@H](c2ccccc2)c2ccccc2C)c2ccc(Cl)cc2)cc1. The number of sulfonamides is 1. The molecule has 0 aliphatic carbocycles. The molecule has 4 rings (SSSR count). The molecule has 184 valence electrons. The van der Waals surface area contributed by atoms with Crippen LogP contribution >= 0.6 is 11.6 Å². The summed E-state index contributed by atoms with van der Waals surface area (Å²) in [6.45, 7) is 3.47. The summed E-state index contributed by atoms with van der Waals surface area (Å²) in [4.78, 5) is 13.6. The monoisotopic (exact) mass is 518 g/mol. The van der Waals surface area contributed by atoms with E-state index in [4.69, 9.17) is 11.6 Å². The Morgan fingerprint density at radius 3 is 2.08 bits per heavy atom. The third-order valence-corrected chi connectivity index (χ3v) is 7.99. The molecule has 4 aromatic rings. The second-order valence-electron chi connectivity index (χ2n) is 8.57. The largest absolute Gasteiger partial charge is 0.344 e. The first-order valence-corrected chi connectivity index (χ1v) is 13.3. The Labute approximate surface area is 217 Å². The van der Waals surface area contributed by atoms with E-state index in [1.807, 2.05) is 68.4 Å². The number of benzene rings is 4. The molecule has 0 radical (unpaired) electrons. The first kappa shape index (κ1) is 25.5. The fraction of sp³-hybridized carbons (Fsp3) is 0.138. The predicted molar refractivity (Wildman–Crippen MR) is 145 cm³/mol. The number of hydrogen-bond donors (Lipinski definition) is 1. The quantitative estimate of drug-likeness (QED) is 0.308. The van der Waals surface area contributed by atoms with E-state index in [0.29, 0.717) is 10.7 Å². The highest BCUT2D eigenvalue weighted by Gasteiger charge is 2.28. The van der Waals surface area contributed by atoms with Crippen molar-refractivity contribution in [2.45, 2.75) is 24.8 Å². The maximum atomic E-state index is 13.7. The molecule has 0 unspecified atom stereocenters. The lowest BCUT2D eigenvalue weighted by Crippen LogP contribution is -2.42. The predicted octanol–water partition coefficient (Wildman–Crippen LogP) is 6.06. The third-order valence-electron chi connectivity index (χ3n) is 5.95. The van der Waals surface area contributed by atoms with Gasteiger partial charge in [0.15, 0.2) is 0 Å². The highest BCUT2D eigenvalue weighted by Crippen LogP contribution is 2.27. The Hall–Kier alpha value is -3.61. The molecule has 1 N–H and O–H groups in total. The normalized spacial score (nSPS) is 12.1. The summed E-state index contributed by atoms with van der Waals surface area (Å²) in [6, 6.07) is 30.0. The highest BCUT2D eigenvalue weighted by atomic mass is 35.5. The van der Waals surface area contributed by atoms with Gasteiger partial charge in [0.05, 0.1) is 16.6 Å². The van der Waals surface area contributed by atoms with Crippen LogP contribution in [0, 0.1) is 13.8 Å². The molecule has 4 aromatic carbocycles. The van der Waals surface area contributed by atoms with Gasteiger partial charge in [0.25, 0.3) is 10.0 Å². The zero-order valence-electron chi connectivity index (χ0n) is 20.1. The van der Waals surface area contributed by atoms with Crippen LogP contribution in [0.15, 0.2) is 108 Å². The number of aryl methyl sites for hydroxylation is 2. The van der Waals surface area contributed by atoms with Crippen molar-refractivity contribution < 1.29 is 13.2 Å². The van der Waals surface area contributed by atoms with Crippen LogP contribution in [-0.4, -0.2) is 20.9 Å². The molecule has 0 fully saturated rings. The molecule has 5 nitrogen and oxygen atoms in total. The number of rotatable bonds is 8. The number of carbonyl (C=O) groups is 1. The van der Waals surface area contributed by atoms with Crippen molar-refractivity contribution in [2.24, 2.45) is 0 Å². The summed E-state index contributed by atoms with van der Waals surface area (Å²) < 4.78 is 28.4. The van der Waals surface area contributed by atoms with Crippen molar-refractivity contribution in [1.29, 1.82) is 0 Å². The summed E-state index contributed by atoms with van der Waals surface area (Å²) in [5, 5.41) is 3.54. The van der Waals surface area contributed by atoms with E-state index in [1.165, 1.54) is 0 Å². The molecule has 0 saturated carbocycles. The minimum Gasteiger partial charge on any atom is -0.344 e. The van der Waals surface area contributed by atoms with Gasteiger partial charge in [-0.05, 0) is 66.9 Å². The standard InChI is InChI=1S/C29H27ClN2O3S/c1-21-12-18-26(19-13-21)36(34,35)32(25-16-14-24(30)15-17-25)20-28(33)31-29(23-9-4-3-5-10-23)27-11-7-6-8-22(27)2/h3-19,29H,20H2,1-2H3,(H,31,33)/t29-/m1/s1. The van der Waals surface area contributed by atoms with Crippen molar-refractivity contribution in [3.05, 3.63) is 130 Å². The summed E-state index contributed by atoms with van der Waals surface area (Å²) in [5.41, 5.74) is 4.15. The van der Waals surface area contributed by atoms with E-state index in [9.17, 15) is 13.2 Å². The van der Waals surface area contributed by atoms with Crippen LogP contribution in [0.5, 0.6) is 0 Å². The number of hydrogen-bond acceptors (Lipinski definition) is 3. The number of halogens is 1. The van der Waals surface area contributed by atoms with Gasteiger partial charge in [0.2, 0.25) is 5.91 Å². The van der Waals surface area contributed by atoms with Gasteiger partial charge in [0, 0.05) is 5.02 Å². The summed E-state index contributed by atoms with van der Waals surface area (Å²) in [7, 11) is -4.02. The van der Waals surface area contributed by atoms with E-state index >= 15 is 0 Å². The molecule has 0 aliphatic heterocycles. The fourth-order valence-corrected chi connectivity index (χ4v) is 5.54. The van der Waals surface area contributed by atoms with Crippen molar-refractivity contribution in [3.8, 4) is 0 Å². The Kier molecular flexibility index (Phi) is 7.77. The lowest BCUT2D eigenvalue weighted by atomic mass is 9.95. The Balaban J connectivity index is 1.69. The van der Waals surface area contributed by atoms with Crippen molar-refractivity contribution >= 4 is 33.2 Å². The molecular weight excluding hydrogens is 492 g/mol. The molecular formula is C29H27ClN2O3S. The van der Waals surface area contributed by atoms with Crippen LogP contribution in [0.25, 0.3) is 0 Å². The lowest BCUT2D eigenvalue weighted by Gasteiger charge is -2.27. The van der Waals surface area contributed by atoms with Gasteiger partial charge in [-0.15, -0.1) is 0 Å². The smallest absolute Gasteiger partial charge is 0.264 e. The van der Waals surface area contributed by atoms with Crippen LogP contribution < -0.4 is 9.62 Å². The average Bonchev–Trinajstić information content (AvgIpc) is 2.88. The van der Waals surface area contributed by atoms with Crippen molar-refractivity contribution in [2.75, 3.05) is 10.8 Å². The molecule has 0 saturated heterocycles. The molecule has 7 heteroatoms. The molecule has 1 amide bonds. The zero-order valence-corrected chi connectivity index (χ0v) is 21.6. The average molecular weight is 519 g/mol. The zero-order chi connectivity index (χ0) is 25.7. The van der Waals surface area contributed by atoms with Gasteiger partial charge >= 0.3 is 0 Å². The minimum atomic E-state index is -4.02. The maximum Gasteiger partial charge on any atom is 0.264 e. The van der Waals surface area contributed by atoms with E-state index in [0.717, 1.165) is 26.6 Å². The van der Waals surface area contributed by atoms with Gasteiger partial charge < -0.3 is 5.32 Å². The van der Waals surface area contributed by atoms with Crippen LogP contribution in [0.4, 0.5) is 5.69 Å². The Bertz CT molecular complexity index is 1440. The number of anilines is 1. The summed E-state index contributed by atoms with van der Waals surface area (Å²) in [6.07, 6.45) is 0. The second kappa shape index (κ2) is 11.0. The molecule has 0 bridgehead atoms. The van der Waals surface area contributed by atoms with E-state index in [-0.39, 0.29) is 4.90 Å². The molecule has 1 atom stereocenters. The van der Waals surface area contributed by atoms with Crippen LogP contribution in [-0.2, 0) is 14.8 Å². The summed E-state index contributed by atoms with van der Waals surface area (Å²) >= 11 is 6.04. The number of nitrogens with zero attached hydrogens (tertiary/aromatic N) is 1. The number of amides is 1. The van der Waals surface area contributed by atoms with Crippen molar-refractivity contribution in [1.82, 2.24) is 5.32 Å². The Morgan fingerprint density at radius 1 is 0.833 bits per heavy atom. The molecule has 0 aromatic heterocycles. The molecule has 0 heterocycles.